The van der Waals surface area contributed by atoms with E-state index < -0.39 is 0 Å². The number of rotatable bonds is 8. The molecule has 3 nitrogen and oxygen atoms in total. The molecule has 0 unspecified atom stereocenters. The van der Waals surface area contributed by atoms with Gasteiger partial charge in [0.25, 0.3) is 0 Å². The number of nitriles is 1. The van der Waals surface area contributed by atoms with E-state index >= 15 is 0 Å². The predicted molar refractivity (Wildman–Crippen MR) is 110 cm³/mol. The highest BCUT2D eigenvalue weighted by molar-refractivity contribution is 9.10. The van der Waals surface area contributed by atoms with Crippen LogP contribution in [-0.4, -0.2) is 0 Å². The van der Waals surface area contributed by atoms with E-state index in [9.17, 15) is 0 Å². The molecule has 0 spiro atoms. The molecule has 0 N–H and O–H groups in total. The van der Waals surface area contributed by atoms with Crippen molar-refractivity contribution in [2.45, 2.75) is 26.1 Å². The molecule has 0 amide bonds. The maximum absolute atomic E-state index is 8.88. The molecule has 0 aliphatic rings. The van der Waals surface area contributed by atoms with Crippen LogP contribution in [0.4, 0.5) is 0 Å². The fourth-order valence-electron chi connectivity index (χ4n) is 2.66. The first-order chi connectivity index (χ1) is 13.3. The smallest absolute Gasteiger partial charge is 0.162 e. The summed E-state index contributed by atoms with van der Waals surface area (Å²) < 4.78 is 13.0. The fourth-order valence-corrected chi connectivity index (χ4v) is 3.18. The Kier molecular flexibility index (Phi) is 6.90. The van der Waals surface area contributed by atoms with E-state index in [1.807, 2.05) is 72.8 Å². The molecule has 27 heavy (non-hydrogen) atoms. The van der Waals surface area contributed by atoms with Gasteiger partial charge in [-0.2, -0.15) is 5.26 Å². The Balaban J connectivity index is 1.80. The van der Waals surface area contributed by atoms with E-state index in [4.69, 9.17) is 14.7 Å². The van der Waals surface area contributed by atoms with Gasteiger partial charge in [0.2, 0.25) is 0 Å². The number of halogens is 1. The van der Waals surface area contributed by atoms with Gasteiger partial charge >= 0.3 is 0 Å². The summed E-state index contributed by atoms with van der Waals surface area (Å²) in [6.45, 7) is 0.925. The number of hydrogen-bond donors (Lipinski definition) is 0. The lowest BCUT2D eigenvalue weighted by atomic mass is 10.1. The zero-order chi connectivity index (χ0) is 18.9. The molecule has 0 aliphatic carbocycles. The lowest BCUT2D eigenvalue weighted by molar-refractivity contribution is 0.255. The molecule has 3 aromatic rings. The minimum Gasteiger partial charge on any atom is -0.485 e. The molecule has 0 atom stereocenters. The zero-order valence-corrected chi connectivity index (χ0v) is 16.5. The van der Waals surface area contributed by atoms with Crippen LogP contribution in [0.15, 0.2) is 77.3 Å². The summed E-state index contributed by atoms with van der Waals surface area (Å²) >= 11 is 3.59. The van der Waals surface area contributed by atoms with Crippen molar-refractivity contribution in [1.29, 1.82) is 5.26 Å². The second-order valence-electron chi connectivity index (χ2n) is 6.10. The molecule has 0 fully saturated rings. The van der Waals surface area contributed by atoms with Gasteiger partial charge in [-0.15, -0.1) is 0 Å². The Morgan fingerprint density at radius 3 is 1.81 bits per heavy atom. The molecular formula is C23H20BrNO2. The van der Waals surface area contributed by atoms with Gasteiger partial charge in [-0.1, -0.05) is 76.6 Å². The molecule has 3 rings (SSSR count). The van der Waals surface area contributed by atoms with Crippen molar-refractivity contribution in [3.63, 3.8) is 0 Å². The van der Waals surface area contributed by atoms with Gasteiger partial charge in [0.1, 0.15) is 13.2 Å². The lowest BCUT2D eigenvalue weighted by Crippen LogP contribution is -2.02. The maximum Gasteiger partial charge on any atom is 0.162 e. The number of benzene rings is 3. The highest BCUT2D eigenvalue weighted by atomic mass is 79.9. The Morgan fingerprint density at radius 2 is 1.30 bits per heavy atom. The molecule has 4 heteroatoms. The quantitative estimate of drug-likeness (QED) is 0.443. The first-order valence-electron chi connectivity index (χ1n) is 8.79. The molecule has 0 heterocycles. The normalized spacial score (nSPS) is 10.2. The minimum atomic E-state index is 0.459. The van der Waals surface area contributed by atoms with Crippen LogP contribution >= 0.6 is 15.9 Å². The first kappa shape index (κ1) is 19.0. The molecule has 0 aliphatic heterocycles. The van der Waals surface area contributed by atoms with Crippen LogP contribution in [0.2, 0.25) is 0 Å². The van der Waals surface area contributed by atoms with Crippen molar-refractivity contribution < 1.29 is 9.47 Å². The summed E-state index contributed by atoms with van der Waals surface area (Å²) in [5.74, 6) is 1.37. The highest BCUT2D eigenvalue weighted by Crippen LogP contribution is 2.35. The number of aryl methyl sites for hydroxylation is 1. The lowest BCUT2D eigenvalue weighted by Gasteiger charge is -2.16. The van der Waals surface area contributed by atoms with Gasteiger partial charge in [-0.05, 0) is 35.2 Å². The highest BCUT2D eigenvalue weighted by Gasteiger charge is 2.12. The average Bonchev–Trinajstić information content (AvgIpc) is 2.72. The van der Waals surface area contributed by atoms with Crippen molar-refractivity contribution in [2.75, 3.05) is 0 Å². The maximum atomic E-state index is 8.88. The fraction of sp³-hybridized carbons (Fsp3) is 0.174. The largest absolute Gasteiger partial charge is 0.485 e. The topological polar surface area (TPSA) is 42.2 Å². The van der Waals surface area contributed by atoms with E-state index in [1.54, 1.807) is 0 Å². The van der Waals surface area contributed by atoms with E-state index in [0.717, 1.165) is 21.2 Å². The van der Waals surface area contributed by atoms with Gasteiger partial charge in [0, 0.05) is 10.9 Å². The van der Waals surface area contributed by atoms with E-state index in [0.29, 0.717) is 37.6 Å². The summed E-state index contributed by atoms with van der Waals surface area (Å²) in [5, 5.41) is 8.88. The van der Waals surface area contributed by atoms with Crippen molar-refractivity contribution in [1.82, 2.24) is 0 Å². The monoisotopic (exact) mass is 421 g/mol. The summed E-state index contributed by atoms with van der Waals surface area (Å²) in [7, 11) is 0. The van der Waals surface area contributed by atoms with Crippen LogP contribution in [0.3, 0.4) is 0 Å². The summed E-state index contributed by atoms with van der Waals surface area (Å²) in [6, 6.07) is 26.1. The van der Waals surface area contributed by atoms with E-state index in [-0.39, 0.29) is 0 Å². The number of hydrogen-bond acceptors (Lipinski definition) is 3. The Labute approximate surface area is 168 Å². The molecule has 0 saturated heterocycles. The van der Waals surface area contributed by atoms with Gasteiger partial charge < -0.3 is 9.47 Å². The molecule has 0 bridgehead atoms. The van der Waals surface area contributed by atoms with Gasteiger partial charge in [0.05, 0.1) is 6.07 Å². The van der Waals surface area contributed by atoms with Gasteiger partial charge in [-0.3, -0.25) is 0 Å². The van der Waals surface area contributed by atoms with Crippen LogP contribution in [0.25, 0.3) is 0 Å². The molecule has 136 valence electrons. The first-order valence-corrected chi connectivity index (χ1v) is 9.58. The van der Waals surface area contributed by atoms with Crippen LogP contribution in [0.5, 0.6) is 11.5 Å². The summed E-state index contributed by atoms with van der Waals surface area (Å²) in [4.78, 5) is 0. The van der Waals surface area contributed by atoms with Crippen LogP contribution in [-0.2, 0) is 19.6 Å². The van der Waals surface area contributed by atoms with E-state index in [1.165, 1.54) is 0 Å². The van der Waals surface area contributed by atoms with Crippen LogP contribution in [0, 0.1) is 11.3 Å². The Bertz CT molecular complexity index is 905. The van der Waals surface area contributed by atoms with Crippen molar-refractivity contribution in [3.05, 3.63) is 94.0 Å². The number of nitrogens with zero attached hydrogens (tertiary/aromatic N) is 1. The second-order valence-corrected chi connectivity index (χ2v) is 6.95. The van der Waals surface area contributed by atoms with Crippen molar-refractivity contribution >= 4 is 15.9 Å². The Morgan fingerprint density at radius 1 is 0.778 bits per heavy atom. The van der Waals surface area contributed by atoms with Crippen molar-refractivity contribution in [3.8, 4) is 17.6 Å². The average molecular weight is 422 g/mol. The molecule has 3 aromatic carbocycles. The van der Waals surface area contributed by atoms with Crippen LogP contribution in [0.1, 0.15) is 23.1 Å². The standard InChI is InChI=1S/C23H20BrNO2/c24-21-15-23(27-17-19-10-5-2-6-11-19)22(14-20(21)12-7-13-25)26-16-18-8-3-1-4-9-18/h1-6,8-11,14-15H,7,12,16-17H2. The minimum absolute atomic E-state index is 0.459. The van der Waals surface area contributed by atoms with E-state index in [2.05, 4.69) is 22.0 Å². The van der Waals surface area contributed by atoms with Crippen molar-refractivity contribution in [2.24, 2.45) is 0 Å². The summed E-state index contributed by atoms with van der Waals surface area (Å²) in [6.07, 6.45) is 1.12. The SMILES string of the molecule is N#CCCc1cc(OCc2ccccc2)c(OCc2ccccc2)cc1Br. The summed E-state index contributed by atoms with van der Waals surface area (Å²) in [5.41, 5.74) is 3.22. The molecular weight excluding hydrogens is 402 g/mol. The van der Waals surface area contributed by atoms with Gasteiger partial charge in [-0.25, -0.2) is 0 Å². The molecule has 0 aromatic heterocycles. The molecule has 0 radical (unpaired) electrons. The number of ether oxygens (including phenoxy) is 2. The zero-order valence-electron chi connectivity index (χ0n) is 14.9. The Hall–Kier alpha value is -2.77. The third-order valence-electron chi connectivity index (χ3n) is 4.09. The predicted octanol–water partition coefficient (Wildman–Crippen LogP) is 6.06. The van der Waals surface area contributed by atoms with Gasteiger partial charge in [0.15, 0.2) is 11.5 Å². The third-order valence-corrected chi connectivity index (χ3v) is 4.83. The van der Waals surface area contributed by atoms with Crippen LogP contribution < -0.4 is 9.47 Å². The third kappa shape index (κ3) is 5.60. The second kappa shape index (κ2) is 9.80. The molecule has 0 saturated carbocycles.